The third-order valence-electron chi connectivity index (χ3n) is 2.29. The molecule has 1 aromatic heterocycles. The number of anilines is 1. The number of thiazole rings is 1. The molecule has 7 heteroatoms. The van der Waals surface area contributed by atoms with Crippen molar-refractivity contribution < 1.29 is 4.79 Å². The van der Waals surface area contributed by atoms with Gasteiger partial charge in [-0.2, -0.15) is 0 Å². The topological polar surface area (TPSA) is 42.0 Å². The molecule has 2 rings (SSSR count). The first-order valence-electron chi connectivity index (χ1n) is 5.37. The summed E-state index contributed by atoms with van der Waals surface area (Å²) in [5, 5.41) is 6.03. The normalized spacial score (nSPS) is 10.5. The number of aromatic nitrogens is 1. The van der Waals surface area contributed by atoms with Crippen molar-refractivity contribution in [3.8, 4) is 11.3 Å². The zero-order valence-corrected chi connectivity index (χ0v) is 12.7. The highest BCUT2D eigenvalue weighted by molar-refractivity contribution is 7.14. The minimum atomic E-state index is -0.148. The van der Waals surface area contributed by atoms with E-state index in [4.69, 9.17) is 34.8 Å². The van der Waals surface area contributed by atoms with Gasteiger partial charge < -0.3 is 5.32 Å². The fourth-order valence-corrected chi connectivity index (χ4v) is 2.59. The molecule has 0 aliphatic rings. The quantitative estimate of drug-likeness (QED) is 0.824. The average Bonchev–Trinajstić information content (AvgIpc) is 2.81. The fraction of sp³-hybridized carbons (Fsp3) is 0.167. The van der Waals surface area contributed by atoms with E-state index in [1.807, 2.05) is 11.4 Å². The maximum atomic E-state index is 11.4. The Morgan fingerprint density at radius 3 is 2.79 bits per heavy atom. The summed E-state index contributed by atoms with van der Waals surface area (Å²) in [5.41, 5.74) is 1.59. The predicted octanol–water partition coefficient (Wildman–Crippen LogP) is 4.68. The maximum Gasteiger partial charge on any atom is 0.227 e. The Bertz CT molecular complexity index is 600. The maximum absolute atomic E-state index is 11.4. The van der Waals surface area contributed by atoms with Gasteiger partial charge in [-0.15, -0.1) is 22.9 Å². The van der Waals surface area contributed by atoms with Gasteiger partial charge in [0.25, 0.3) is 0 Å². The van der Waals surface area contributed by atoms with Gasteiger partial charge >= 0.3 is 0 Å². The first-order chi connectivity index (χ1) is 9.10. The molecule has 0 saturated heterocycles. The summed E-state index contributed by atoms with van der Waals surface area (Å²) in [7, 11) is 0. The van der Waals surface area contributed by atoms with Crippen molar-refractivity contribution in [2.24, 2.45) is 0 Å². The van der Waals surface area contributed by atoms with Gasteiger partial charge in [-0.05, 0) is 12.1 Å². The van der Waals surface area contributed by atoms with Crippen LogP contribution in [-0.4, -0.2) is 16.8 Å². The van der Waals surface area contributed by atoms with Crippen LogP contribution >= 0.6 is 46.1 Å². The predicted molar refractivity (Wildman–Crippen MR) is 81.5 cm³/mol. The van der Waals surface area contributed by atoms with E-state index in [0.29, 0.717) is 15.2 Å². The Morgan fingerprint density at radius 1 is 1.32 bits per heavy atom. The van der Waals surface area contributed by atoms with Crippen molar-refractivity contribution in [2.75, 3.05) is 11.2 Å². The Kier molecular flexibility index (Phi) is 5.05. The van der Waals surface area contributed by atoms with Gasteiger partial charge in [0.2, 0.25) is 5.91 Å². The van der Waals surface area contributed by atoms with Crippen LogP contribution in [0.25, 0.3) is 11.3 Å². The van der Waals surface area contributed by atoms with Gasteiger partial charge in [0.15, 0.2) is 5.13 Å². The second-order valence-electron chi connectivity index (χ2n) is 3.65. The average molecular weight is 336 g/mol. The van der Waals surface area contributed by atoms with E-state index in [1.54, 1.807) is 12.1 Å². The summed E-state index contributed by atoms with van der Waals surface area (Å²) in [6.07, 6.45) is 0.267. The van der Waals surface area contributed by atoms with Crippen LogP contribution in [-0.2, 0) is 4.79 Å². The van der Waals surface area contributed by atoms with E-state index in [-0.39, 0.29) is 18.2 Å². The van der Waals surface area contributed by atoms with E-state index in [9.17, 15) is 4.79 Å². The van der Waals surface area contributed by atoms with Gasteiger partial charge in [-0.1, -0.05) is 29.3 Å². The molecule has 1 aromatic carbocycles. The number of nitrogens with zero attached hydrogens (tertiary/aromatic N) is 1. The number of carbonyl (C=O) groups excluding carboxylic acids is 1. The molecule has 0 atom stereocenters. The lowest BCUT2D eigenvalue weighted by Crippen LogP contribution is -2.11. The molecule has 0 saturated carbocycles. The SMILES string of the molecule is O=C(CCCl)Nc1nc(-c2ccc(Cl)c(Cl)c2)cs1. The largest absolute Gasteiger partial charge is 0.302 e. The molecule has 3 nitrogen and oxygen atoms in total. The summed E-state index contributed by atoms with van der Waals surface area (Å²) in [6, 6.07) is 5.28. The second-order valence-corrected chi connectivity index (χ2v) is 5.70. The second kappa shape index (κ2) is 6.57. The van der Waals surface area contributed by atoms with Crippen molar-refractivity contribution in [1.82, 2.24) is 4.98 Å². The summed E-state index contributed by atoms with van der Waals surface area (Å²) < 4.78 is 0. The van der Waals surface area contributed by atoms with Crippen LogP contribution in [0.4, 0.5) is 5.13 Å². The Morgan fingerprint density at radius 2 is 2.11 bits per heavy atom. The zero-order chi connectivity index (χ0) is 13.8. The van der Waals surface area contributed by atoms with E-state index in [1.165, 1.54) is 11.3 Å². The van der Waals surface area contributed by atoms with Crippen LogP contribution in [0.2, 0.25) is 10.0 Å². The summed E-state index contributed by atoms with van der Waals surface area (Å²) in [6.45, 7) is 0. The molecule has 2 aromatic rings. The highest BCUT2D eigenvalue weighted by atomic mass is 35.5. The molecule has 0 unspecified atom stereocenters. The molecule has 0 fully saturated rings. The molecular weight excluding hydrogens is 327 g/mol. The first-order valence-corrected chi connectivity index (χ1v) is 7.54. The molecule has 0 bridgehead atoms. The van der Waals surface area contributed by atoms with Crippen molar-refractivity contribution in [1.29, 1.82) is 0 Å². The van der Waals surface area contributed by atoms with Gasteiger partial charge in [-0.25, -0.2) is 4.98 Å². The molecule has 0 aliphatic carbocycles. The highest BCUT2D eigenvalue weighted by Gasteiger charge is 2.09. The molecule has 1 heterocycles. The third kappa shape index (κ3) is 3.83. The zero-order valence-electron chi connectivity index (χ0n) is 9.62. The van der Waals surface area contributed by atoms with Crippen molar-refractivity contribution in [3.63, 3.8) is 0 Å². The van der Waals surface area contributed by atoms with Crippen molar-refractivity contribution in [2.45, 2.75) is 6.42 Å². The van der Waals surface area contributed by atoms with Crippen LogP contribution < -0.4 is 5.32 Å². The Balaban J connectivity index is 2.16. The first kappa shape index (κ1) is 14.6. The lowest BCUT2D eigenvalue weighted by atomic mass is 10.2. The molecular formula is C12H9Cl3N2OS. The van der Waals surface area contributed by atoms with Gasteiger partial charge in [0, 0.05) is 23.2 Å². The number of carbonyl (C=O) groups is 1. The van der Waals surface area contributed by atoms with Gasteiger partial charge in [-0.3, -0.25) is 4.79 Å². The van der Waals surface area contributed by atoms with Gasteiger partial charge in [0.05, 0.1) is 15.7 Å². The number of nitrogens with one attached hydrogen (secondary N) is 1. The minimum absolute atomic E-state index is 0.148. The summed E-state index contributed by atoms with van der Waals surface area (Å²) in [4.78, 5) is 15.7. The molecule has 19 heavy (non-hydrogen) atoms. The monoisotopic (exact) mass is 334 g/mol. The Hall–Kier alpha value is -0.810. The Labute approximate surface area is 129 Å². The van der Waals surface area contributed by atoms with Crippen LogP contribution in [0.5, 0.6) is 0 Å². The summed E-state index contributed by atoms with van der Waals surface area (Å²) in [5.74, 6) is 0.140. The molecule has 1 N–H and O–H groups in total. The number of hydrogen-bond donors (Lipinski definition) is 1. The van der Waals surface area contributed by atoms with E-state index < -0.39 is 0 Å². The number of halogens is 3. The summed E-state index contributed by atoms with van der Waals surface area (Å²) >= 11 is 18.7. The van der Waals surface area contributed by atoms with Crippen LogP contribution in [0, 0.1) is 0 Å². The minimum Gasteiger partial charge on any atom is -0.302 e. The van der Waals surface area contributed by atoms with Crippen LogP contribution in [0.3, 0.4) is 0 Å². The molecule has 100 valence electrons. The molecule has 1 amide bonds. The van der Waals surface area contributed by atoms with E-state index in [0.717, 1.165) is 11.3 Å². The number of hydrogen-bond acceptors (Lipinski definition) is 3. The highest BCUT2D eigenvalue weighted by Crippen LogP contribution is 2.30. The lowest BCUT2D eigenvalue weighted by Gasteiger charge is -2.00. The third-order valence-corrected chi connectivity index (χ3v) is 3.97. The van der Waals surface area contributed by atoms with E-state index >= 15 is 0 Å². The van der Waals surface area contributed by atoms with Crippen molar-refractivity contribution in [3.05, 3.63) is 33.6 Å². The number of alkyl halides is 1. The van der Waals surface area contributed by atoms with Crippen LogP contribution in [0.1, 0.15) is 6.42 Å². The van der Waals surface area contributed by atoms with Gasteiger partial charge in [0.1, 0.15) is 0 Å². The molecule has 0 spiro atoms. The number of rotatable bonds is 4. The standard InChI is InChI=1S/C12H9Cl3N2OS/c13-4-3-11(18)17-12-16-10(6-19-12)7-1-2-8(14)9(15)5-7/h1-2,5-6H,3-4H2,(H,16,17,18). The number of amides is 1. The van der Waals surface area contributed by atoms with Crippen LogP contribution in [0.15, 0.2) is 23.6 Å². The fourth-order valence-electron chi connectivity index (χ4n) is 1.39. The van der Waals surface area contributed by atoms with E-state index in [2.05, 4.69) is 10.3 Å². The molecule has 0 radical (unpaired) electrons. The van der Waals surface area contributed by atoms with Crippen molar-refractivity contribution >= 4 is 57.2 Å². The lowest BCUT2D eigenvalue weighted by molar-refractivity contribution is -0.115. The number of benzene rings is 1. The smallest absolute Gasteiger partial charge is 0.227 e. The molecule has 0 aliphatic heterocycles.